The molecule has 0 unspecified atom stereocenters. The van der Waals surface area contributed by atoms with Gasteiger partial charge in [-0.3, -0.25) is 9.59 Å². The van der Waals surface area contributed by atoms with Crippen molar-refractivity contribution in [3.05, 3.63) is 64.2 Å². The fraction of sp³-hybridized carbons (Fsp3) is 0.333. The Morgan fingerprint density at radius 3 is 2.52 bits per heavy atom. The SMILES string of the molecule is CCNC(=O)c1c(N2CCC(Cc3ccccc3)CC2)[nH]c2c(Cl)c(C(N)=O)ccc12. The molecule has 0 bridgehead atoms. The van der Waals surface area contributed by atoms with Gasteiger partial charge < -0.3 is 20.9 Å². The van der Waals surface area contributed by atoms with Crippen molar-refractivity contribution in [2.24, 2.45) is 11.7 Å². The summed E-state index contributed by atoms with van der Waals surface area (Å²) in [5.74, 6) is 0.617. The van der Waals surface area contributed by atoms with E-state index < -0.39 is 5.91 Å². The first-order chi connectivity index (χ1) is 15.0. The van der Waals surface area contributed by atoms with Crippen molar-refractivity contribution in [3.8, 4) is 0 Å². The number of carbonyl (C=O) groups excluding carboxylic acids is 2. The van der Waals surface area contributed by atoms with Crippen molar-refractivity contribution in [1.29, 1.82) is 0 Å². The zero-order valence-electron chi connectivity index (χ0n) is 17.6. The second-order valence-corrected chi connectivity index (χ2v) is 8.42. The molecule has 162 valence electrons. The van der Waals surface area contributed by atoms with E-state index in [0.29, 0.717) is 28.9 Å². The number of nitrogens with zero attached hydrogens (tertiary/aromatic N) is 1. The molecule has 31 heavy (non-hydrogen) atoms. The van der Waals surface area contributed by atoms with Crippen molar-refractivity contribution in [2.45, 2.75) is 26.2 Å². The highest BCUT2D eigenvalue weighted by Crippen LogP contribution is 2.36. The third-order valence-electron chi connectivity index (χ3n) is 6.02. The predicted molar refractivity (Wildman–Crippen MR) is 125 cm³/mol. The van der Waals surface area contributed by atoms with E-state index in [1.807, 2.05) is 13.0 Å². The first-order valence-corrected chi connectivity index (χ1v) is 11.1. The Morgan fingerprint density at radius 1 is 1.16 bits per heavy atom. The van der Waals surface area contributed by atoms with Crippen LogP contribution >= 0.6 is 11.6 Å². The van der Waals surface area contributed by atoms with Crippen LogP contribution in [-0.2, 0) is 6.42 Å². The van der Waals surface area contributed by atoms with Gasteiger partial charge in [-0.2, -0.15) is 0 Å². The molecule has 1 aliphatic rings. The first kappa shape index (κ1) is 21.2. The Kier molecular flexibility index (Phi) is 6.18. The zero-order chi connectivity index (χ0) is 22.0. The molecule has 1 aromatic heterocycles. The number of anilines is 1. The first-order valence-electron chi connectivity index (χ1n) is 10.7. The van der Waals surface area contributed by atoms with E-state index in [9.17, 15) is 9.59 Å². The van der Waals surface area contributed by atoms with Gasteiger partial charge in [0, 0.05) is 25.0 Å². The van der Waals surface area contributed by atoms with Gasteiger partial charge in [0.25, 0.3) is 5.91 Å². The standard InChI is InChI=1S/C24H27ClN4O2/c1-2-27-24(31)19-17-8-9-18(22(26)30)20(25)21(17)28-23(19)29-12-10-16(11-13-29)14-15-6-4-3-5-7-15/h3-9,16,28H,2,10-14H2,1H3,(H2,26,30)(H,27,31). The van der Waals surface area contributed by atoms with Gasteiger partial charge in [-0.15, -0.1) is 0 Å². The minimum atomic E-state index is -0.593. The number of halogens is 1. The number of piperidine rings is 1. The summed E-state index contributed by atoms with van der Waals surface area (Å²) in [5.41, 5.74) is 8.19. The third kappa shape index (κ3) is 4.26. The third-order valence-corrected chi connectivity index (χ3v) is 6.41. The summed E-state index contributed by atoms with van der Waals surface area (Å²) in [6.45, 7) is 4.10. The number of benzene rings is 2. The molecular weight excluding hydrogens is 412 g/mol. The summed E-state index contributed by atoms with van der Waals surface area (Å²) in [6, 6.07) is 13.9. The van der Waals surface area contributed by atoms with Crippen molar-refractivity contribution < 1.29 is 9.59 Å². The molecule has 0 radical (unpaired) electrons. The maximum atomic E-state index is 12.9. The minimum Gasteiger partial charge on any atom is -0.366 e. The van der Waals surface area contributed by atoms with Crippen molar-refractivity contribution >= 4 is 40.1 Å². The van der Waals surface area contributed by atoms with Gasteiger partial charge in [-0.05, 0) is 43.7 Å². The Labute approximate surface area is 186 Å². The van der Waals surface area contributed by atoms with Crippen LogP contribution in [0, 0.1) is 5.92 Å². The smallest absolute Gasteiger partial charge is 0.255 e. The molecule has 2 amide bonds. The lowest BCUT2D eigenvalue weighted by atomic mass is 9.90. The molecule has 0 aliphatic carbocycles. The number of carbonyl (C=O) groups is 2. The summed E-state index contributed by atoms with van der Waals surface area (Å²) in [7, 11) is 0. The topological polar surface area (TPSA) is 91.2 Å². The van der Waals surface area contributed by atoms with E-state index in [0.717, 1.165) is 38.2 Å². The van der Waals surface area contributed by atoms with Gasteiger partial charge in [-0.1, -0.05) is 48.0 Å². The van der Waals surface area contributed by atoms with E-state index in [1.54, 1.807) is 12.1 Å². The Balaban J connectivity index is 1.63. The van der Waals surface area contributed by atoms with E-state index in [-0.39, 0.29) is 16.5 Å². The molecule has 2 heterocycles. The van der Waals surface area contributed by atoms with Crippen LogP contribution in [0.5, 0.6) is 0 Å². The summed E-state index contributed by atoms with van der Waals surface area (Å²) in [4.78, 5) is 30.2. The number of H-pyrrole nitrogens is 1. The Morgan fingerprint density at radius 2 is 1.87 bits per heavy atom. The van der Waals surface area contributed by atoms with Gasteiger partial charge >= 0.3 is 0 Å². The van der Waals surface area contributed by atoms with Crippen LogP contribution < -0.4 is 16.0 Å². The van der Waals surface area contributed by atoms with E-state index in [2.05, 4.69) is 39.5 Å². The van der Waals surface area contributed by atoms with E-state index in [4.69, 9.17) is 17.3 Å². The number of rotatable bonds is 6. The molecule has 2 aromatic carbocycles. The number of fused-ring (bicyclic) bond motifs is 1. The summed E-state index contributed by atoms with van der Waals surface area (Å²) in [6.07, 6.45) is 3.15. The van der Waals surface area contributed by atoms with Crippen LogP contribution in [0.1, 0.15) is 46.0 Å². The molecule has 3 aromatic rings. The highest BCUT2D eigenvalue weighted by atomic mass is 35.5. The molecule has 4 rings (SSSR count). The maximum Gasteiger partial charge on any atom is 0.255 e. The lowest BCUT2D eigenvalue weighted by molar-refractivity contribution is 0.0956. The molecule has 0 spiro atoms. The van der Waals surface area contributed by atoms with Crippen molar-refractivity contribution in [3.63, 3.8) is 0 Å². The van der Waals surface area contributed by atoms with Gasteiger partial charge in [0.15, 0.2) is 0 Å². The molecule has 0 saturated carbocycles. The fourth-order valence-electron chi connectivity index (χ4n) is 4.43. The van der Waals surface area contributed by atoms with Crippen molar-refractivity contribution in [1.82, 2.24) is 10.3 Å². The average Bonchev–Trinajstić information content (AvgIpc) is 3.16. The summed E-state index contributed by atoms with van der Waals surface area (Å²) >= 11 is 6.47. The van der Waals surface area contributed by atoms with Crippen LogP contribution in [0.4, 0.5) is 5.82 Å². The molecule has 0 atom stereocenters. The van der Waals surface area contributed by atoms with Crippen LogP contribution in [-0.4, -0.2) is 36.4 Å². The molecule has 1 fully saturated rings. The van der Waals surface area contributed by atoms with Gasteiger partial charge in [0.1, 0.15) is 5.82 Å². The Hall–Kier alpha value is -2.99. The second-order valence-electron chi connectivity index (χ2n) is 8.04. The van der Waals surface area contributed by atoms with Crippen LogP contribution in [0.3, 0.4) is 0 Å². The molecule has 1 saturated heterocycles. The zero-order valence-corrected chi connectivity index (χ0v) is 18.3. The average molecular weight is 439 g/mol. The van der Waals surface area contributed by atoms with E-state index >= 15 is 0 Å². The second kappa shape index (κ2) is 9.02. The predicted octanol–water partition coefficient (Wildman–Crippen LogP) is 4.13. The Bertz CT molecular complexity index is 1100. The summed E-state index contributed by atoms with van der Waals surface area (Å²) < 4.78 is 0. The minimum absolute atomic E-state index is 0.155. The molecular formula is C24H27ClN4O2. The van der Waals surface area contributed by atoms with Crippen LogP contribution in [0.15, 0.2) is 42.5 Å². The number of nitrogens with two attached hydrogens (primary N) is 1. The highest BCUT2D eigenvalue weighted by Gasteiger charge is 2.28. The van der Waals surface area contributed by atoms with Gasteiger partial charge in [0.05, 0.1) is 21.7 Å². The number of hydrogen-bond acceptors (Lipinski definition) is 3. The molecule has 7 heteroatoms. The quantitative estimate of drug-likeness (QED) is 0.540. The number of hydrogen-bond donors (Lipinski definition) is 3. The maximum absolute atomic E-state index is 12.9. The molecule has 6 nitrogen and oxygen atoms in total. The number of aromatic nitrogens is 1. The summed E-state index contributed by atoms with van der Waals surface area (Å²) in [5, 5.41) is 3.84. The molecule has 4 N–H and O–H groups in total. The molecule has 1 aliphatic heterocycles. The normalized spacial score (nSPS) is 14.7. The monoisotopic (exact) mass is 438 g/mol. The lowest BCUT2D eigenvalue weighted by Crippen LogP contribution is -2.36. The number of amides is 2. The fourth-order valence-corrected chi connectivity index (χ4v) is 4.73. The number of primary amides is 1. The van der Waals surface area contributed by atoms with Gasteiger partial charge in [-0.25, -0.2) is 0 Å². The highest BCUT2D eigenvalue weighted by molar-refractivity contribution is 6.39. The van der Waals surface area contributed by atoms with Crippen LogP contribution in [0.2, 0.25) is 5.02 Å². The van der Waals surface area contributed by atoms with Gasteiger partial charge in [0.2, 0.25) is 5.91 Å². The van der Waals surface area contributed by atoms with Crippen molar-refractivity contribution in [2.75, 3.05) is 24.5 Å². The number of nitrogens with one attached hydrogen (secondary N) is 2. The largest absolute Gasteiger partial charge is 0.366 e. The number of aromatic amines is 1. The van der Waals surface area contributed by atoms with E-state index in [1.165, 1.54) is 5.56 Å². The lowest BCUT2D eigenvalue weighted by Gasteiger charge is -2.33. The van der Waals surface area contributed by atoms with Crippen LogP contribution in [0.25, 0.3) is 10.9 Å².